The van der Waals surface area contributed by atoms with Crippen molar-refractivity contribution in [2.24, 2.45) is 5.73 Å². The summed E-state index contributed by atoms with van der Waals surface area (Å²) >= 11 is 1.75. The third kappa shape index (κ3) is 4.20. The Labute approximate surface area is 89.6 Å². The number of amides is 1. The molecule has 0 bridgehead atoms. The summed E-state index contributed by atoms with van der Waals surface area (Å²) in [6.45, 7) is 2.45. The smallest absolute Gasteiger partial charge is 0.233 e. The first kappa shape index (κ1) is 13.1. The molecular formula is C8H17ClN2OS. The van der Waals surface area contributed by atoms with Gasteiger partial charge in [-0.1, -0.05) is 0 Å². The molecule has 1 unspecified atom stereocenters. The summed E-state index contributed by atoms with van der Waals surface area (Å²) in [4.78, 5) is 11.4. The highest BCUT2D eigenvalue weighted by molar-refractivity contribution is 8.00. The third-order valence-corrected chi connectivity index (χ3v) is 3.34. The van der Waals surface area contributed by atoms with Gasteiger partial charge in [-0.3, -0.25) is 4.79 Å². The molecule has 0 aromatic rings. The minimum atomic E-state index is 0. The lowest BCUT2D eigenvalue weighted by Gasteiger charge is -2.14. The van der Waals surface area contributed by atoms with Gasteiger partial charge in [-0.2, -0.15) is 0 Å². The van der Waals surface area contributed by atoms with Crippen LogP contribution in [0.2, 0.25) is 0 Å². The van der Waals surface area contributed by atoms with Crippen molar-refractivity contribution in [3.8, 4) is 0 Å². The monoisotopic (exact) mass is 224 g/mol. The SMILES string of the molecule is C[C@@H](CN)NC(=O)C1CCCS1.Cl. The van der Waals surface area contributed by atoms with Gasteiger partial charge in [0, 0.05) is 12.6 Å². The number of rotatable bonds is 3. The van der Waals surface area contributed by atoms with Crippen LogP contribution in [0.25, 0.3) is 0 Å². The normalized spacial score (nSPS) is 23.4. The molecule has 1 rings (SSSR count). The Morgan fingerprint density at radius 1 is 1.77 bits per heavy atom. The maximum Gasteiger partial charge on any atom is 0.233 e. The lowest BCUT2D eigenvalue weighted by atomic mass is 10.2. The van der Waals surface area contributed by atoms with Crippen LogP contribution < -0.4 is 11.1 Å². The molecule has 1 saturated heterocycles. The molecule has 0 saturated carbocycles. The van der Waals surface area contributed by atoms with Gasteiger partial charge in [0.2, 0.25) is 5.91 Å². The van der Waals surface area contributed by atoms with Crippen LogP contribution in [0.5, 0.6) is 0 Å². The minimum absolute atomic E-state index is 0. The summed E-state index contributed by atoms with van der Waals surface area (Å²) in [6, 6.07) is 0.110. The molecule has 2 atom stereocenters. The Bertz CT molecular complexity index is 162. The Kier molecular flexibility index (Phi) is 6.55. The zero-order valence-electron chi connectivity index (χ0n) is 7.79. The van der Waals surface area contributed by atoms with Crippen molar-refractivity contribution in [1.29, 1.82) is 0 Å². The van der Waals surface area contributed by atoms with E-state index in [0.29, 0.717) is 6.54 Å². The van der Waals surface area contributed by atoms with Gasteiger partial charge in [0.15, 0.2) is 0 Å². The number of nitrogens with one attached hydrogen (secondary N) is 1. The van der Waals surface area contributed by atoms with Crippen LogP contribution in [0.3, 0.4) is 0 Å². The second-order valence-corrected chi connectivity index (χ2v) is 4.46. The molecule has 3 nitrogen and oxygen atoms in total. The number of hydrogen-bond acceptors (Lipinski definition) is 3. The van der Waals surface area contributed by atoms with Crippen LogP contribution in [0.15, 0.2) is 0 Å². The van der Waals surface area contributed by atoms with E-state index in [1.165, 1.54) is 6.42 Å². The fourth-order valence-electron chi connectivity index (χ4n) is 1.18. The summed E-state index contributed by atoms with van der Waals surface area (Å²) in [7, 11) is 0. The van der Waals surface area contributed by atoms with E-state index in [4.69, 9.17) is 5.73 Å². The fraction of sp³-hybridized carbons (Fsp3) is 0.875. The Morgan fingerprint density at radius 2 is 2.46 bits per heavy atom. The number of carbonyl (C=O) groups excluding carboxylic acids is 1. The lowest BCUT2D eigenvalue weighted by molar-refractivity contribution is -0.121. The number of thioether (sulfide) groups is 1. The highest BCUT2D eigenvalue weighted by Crippen LogP contribution is 2.25. The molecule has 1 fully saturated rings. The van der Waals surface area contributed by atoms with Gasteiger partial charge in [0.1, 0.15) is 0 Å². The maximum absolute atomic E-state index is 11.4. The minimum Gasteiger partial charge on any atom is -0.351 e. The van der Waals surface area contributed by atoms with Crippen molar-refractivity contribution in [3.05, 3.63) is 0 Å². The molecule has 1 aliphatic heterocycles. The first-order chi connectivity index (χ1) is 5.74. The second kappa shape index (κ2) is 6.51. The molecule has 0 aliphatic carbocycles. The molecule has 1 aliphatic rings. The van der Waals surface area contributed by atoms with Crippen LogP contribution in [0, 0.1) is 0 Å². The number of carbonyl (C=O) groups is 1. The molecule has 0 aromatic carbocycles. The van der Waals surface area contributed by atoms with Gasteiger partial charge in [-0.05, 0) is 25.5 Å². The van der Waals surface area contributed by atoms with Crippen molar-refractivity contribution < 1.29 is 4.79 Å². The van der Waals surface area contributed by atoms with E-state index in [1.807, 2.05) is 6.92 Å². The molecule has 0 spiro atoms. The van der Waals surface area contributed by atoms with E-state index in [0.717, 1.165) is 12.2 Å². The van der Waals surface area contributed by atoms with Crippen molar-refractivity contribution in [2.75, 3.05) is 12.3 Å². The van der Waals surface area contributed by atoms with Gasteiger partial charge in [-0.25, -0.2) is 0 Å². The summed E-state index contributed by atoms with van der Waals surface area (Å²) in [6.07, 6.45) is 2.19. The van der Waals surface area contributed by atoms with Crippen molar-refractivity contribution in [1.82, 2.24) is 5.32 Å². The highest BCUT2D eigenvalue weighted by atomic mass is 35.5. The molecule has 13 heavy (non-hydrogen) atoms. The zero-order valence-corrected chi connectivity index (χ0v) is 9.42. The molecule has 5 heteroatoms. The Balaban J connectivity index is 0.00000144. The van der Waals surface area contributed by atoms with E-state index < -0.39 is 0 Å². The summed E-state index contributed by atoms with van der Waals surface area (Å²) < 4.78 is 0. The van der Waals surface area contributed by atoms with Gasteiger partial charge >= 0.3 is 0 Å². The summed E-state index contributed by atoms with van der Waals surface area (Å²) in [5.74, 6) is 1.28. The van der Waals surface area contributed by atoms with Crippen LogP contribution in [0.1, 0.15) is 19.8 Å². The topological polar surface area (TPSA) is 55.1 Å². The zero-order chi connectivity index (χ0) is 8.97. The Hall–Kier alpha value is 0.0700. The quantitative estimate of drug-likeness (QED) is 0.745. The van der Waals surface area contributed by atoms with Crippen molar-refractivity contribution in [3.63, 3.8) is 0 Å². The van der Waals surface area contributed by atoms with E-state index in [9.17, 15) is 4.79 Å². The van der Waals surface area contributed by atoms with Crippen LogP contribution in [0.4, 0.5) is 0 Å². The maximum atomic E-state index is 11.4. The van der Waals surface area contributed by atoms with Gasteiger partial charge in [0.25, 0.3) is 0 Å². The highest BCUT2D eigenvalue weighted by Gasteiger charge is 2.23. The Morgan fingerprint density at radius 3 is 2.92 bits per heavy atom. The average Bonchev–Trinajstić information content (AvgIpc) is 2.56. The molecular weight excluding hydrogens is 208 g/mol. The molecule has 0 radical (unpaired) electrons. The van der Waals surface area contributed by atoms with E-state index in [-0.39, 0.29) is 29.6 Å². The number of hydrogen-bond donors (Lipinski definition) is 2. The first-order valence-electron chi connectivity index (χ1n) is 4.36. The van der Waals surface area contributed by atoms with E-state index >= 15 is 0 Å². The largest absolute Gasteiger partial charge is 0.351 e. The molecule has 0 aromatic heterocycles. The van der Waals surface area contributed by atoms with E-state index in [2.05, 4.69) is 5.32 Å². The van der Waals surface area contributed by atoms with Gasteiger partial charge in [0.05, 0.1) is 5.25 Å². The number of halogens is 1. The average molecular weight is 225 g/mol. The lowest BCUT2D eigenvalue weighted by Crippen LogP contribution is -2.41. The van der Waals surface area contributed by atoms with Crippen LogP contribution >= 0.6 is 24.2 Å². The second-order valence-electron chi connectivity index (χ2n) is 3.15. The van der Waals surface area contributed by atoms with Crippen molar-refractivity contribution in [2.45, 2.75) is 31.1 Å². The summed E-state index contributed by atoms with van der Waals surface area (Å²) in [5.41, 5.74) is 5.40. The van der Waals surface area contributed by atoms with Gasteiger partial charge < -0.3 is 11.1 Å². The van der Waals surface area contributed by atoms with Crippen LogP contribution in [-0.2, 0) is 4.79 Å². The fourth-order valence-corrected chi connectivity index (χ4v) is 2.35. The predicted octanol–water partition coefficient (Wildman–Crippen LogP) is 0.767. The predicted molar refractivity (Wildman–Crippen MR) is 59.4 cm³/mol. The molecule has 1 amide bonds. The molecule has 1 heterocycles. The summed E-state index contributed by atoms with van der Waals surface area (Å²) in [5, 5.41) is 3.07. The third-order valence-electron chi connectivity index (χ3n) is 1.96. The molecule has 3 N–H and O–H groups in total. The first-order valence-corrected chi connectivity index (χ1v) is 5.41. The molecule has 78 valence electrons. The number of nitrogens with two attached hydrogens (primary N) is 1. The van der Waals surface area contributed by atoms with Crippen LogP contribution in [-0.4, -0.2) is 29.5 Å². The standard InChI is InChI=1S/C8H16N2OS.ClH/c1-6(5-9)10-8(11)7-3-2-4-12-7;/h6-7H,2-5,9H2,1H3,(H,10,11);1H/t6-,7?;/m0./s1. The van der Waals surface area contributed by atoms with Gasteiger partial charge in [-0.15, -0.1) is 24.2 Å². The van der Waals surface area contributed by atoms with Crippen molar-refractivity contribution >= 4 is 30.1 Å². The van der Waals surface area contributed by atoms with E-state index in [1.54, 1.807) is 11.8 Å².